The number of furan rings is 1. The summed E-state index contributed by atoms with van der Waals surface area (Å²) in [5.74, 6) is 0.785. The van der Waals surface area contributed by atoms with Crippen LogP contribution in [0.5, 0.6) is 5.75 Å². The summed E-state index contributed by atoms with van der Waals surface area (Å²) in [5, 5.41) is 0. The van der Waals surface area contributed by atoms with E-state index in [1.165, 1.54) is 6.07 Å². The van der Waals surface area contributed by atoms with E-state index in [1.54, 1.807) is 24.3 Å². The molecule has 0 aliphatic carbocycles. The number of aldehydes is 1. The molecule has 1 heterocycles. The highest BCUT2D eigenvalue weighted by molar-refractivity contribution is 5.72. The van der Waals surface area contributed by atoms with Gasteiger partial charge in [-0.05, 0) is 36.2 Å². The van der Waals surface area contributed by atoms with Gasteiger partial charge in [-0.25, -0.2) is 4.39 Å². The molecule has 0 saturated carbocycles. The first kappa shape index (κ1) is 13.3. The van der Waals surface area contributed by atoms with Crippen LogP contribution in [-0.4, -0.2) is 12.9 Å². The van der Waals surface area contributed by atoms with Crippen molar-refractivity contribution in [1.82, 2.24) is 0 Å². The zero-order chi connectivity index (χ0) is 13.8. The van der Waals surface area contributed by atoms with Crippen LogP contribution in [-0.2, 0) is 0 Å². The van der Waals surface area contributed by atoms with Gasteiger partial charge in [-0.1, -0.05) is 13.8 Å². The average Bonchev–Trinajstić information content (AvgIpc) is 2.85. The molecule has 0 fully saturated rings. The third-order valence-electron chi connectivity index (χ3n) is 2.53. The highest BCUT2D eigenvalue weighted by atomic mass is 19.1. The Morgan fingerprint density at radius 3 is 2.68 bits per heavy atom. The zero-order valence-corrected chi connectivity index (χ0v) is 10.9. The molecule has 0 unspecified atom stereocenters. The lowest BCUT2D eigenvalue weighted by Gasteiger charge is -2.09. The van der Waals surface area contributed by atoms with Gasteiger partial charge in [-0.2, -0.15) is 0 Å². The number of carbonyl (C=O) groups excluding carboxylic acids is 1. The second-order valence-electron chi connectivity index (χ2n) is 4.67. The van der Waals surface area contributed by atoms with Gasteiger partial charge < -0.3 is 9.15 Å². The van der Waals surface area contributed by atoms with Gasteiger partial charge in [0.15, 0.2) is 23.6 Å². The standard InChI is InChI=1S/C15H15FO3/c1-10(2)9-18-15-5-3-11(7-13(15)16)14-6-4-12(8-17)19-14/h3-8,10H,9H2,1-2H3. The summed E-state index contributed by atoms with van der Waals surface area (Å²) >= 11 is 0. The molecule has 2 aromatic rings. The third-order valence-corrected chi connectivity index (χ3v) is 2.53. The molecule has 0 saturated heterocycles. The number of hydrogen-bond acceptors (Lipinski definition) is 3. The highest BCUT2D eigenvalue weighted by Gasteiger charge is 2.09. The molecule has 4 heteroatoms. The molecule has 0 aliphatic heterocycles. The number of hydrogen-bond donors (Lipinski definition) is 0. The molecule has 0 aliphatic rings. The summed E-state index contributed by atoms with van der Waals surface area (Å²) in [6.45, 7) is 4.46. The predicted molar refractivity (Wildman–Crippen MR) is 69.8 cm³/mol. The molecule has 0 N–H and O–H groups in total. The first-order valence-corrected chi connectivity index (χ1v) is 6.08. The minimum atomic E-state index is -0.442. The Bertz CT molecular complexity index is 573. The van der Waals surface area contributed by atoms with E-state index in [9.17, 15) is 9.18 Å². The lowest BCUT2D eigenvalue weighted by atomic mass is 10.1. The largest absolute Gasteiger partial charge is 0.490 e. The van der Waals surface area contributed by atoms with Gasteiger partial charge >= 0.3 is 0 Å². The van der Waals surface area contributed by atoms with Crippen LogP contribution in [0.2, 0.25) is 0 Å². The molecule has 1 aromatic carbocycles. The smallest absolute Gasteiger partial charge is 0.185 e. The fourth-order valence-corrected chi connectivity index (χ4v) is 1.60. The van der Waals surface area contributed by atoms with Gasteiger partial charge in [0.05, 0.1) is 6.61 Å². The lowest BCUT2D eigenvalue weighted by molar-refractivity contribution is 0.110. The van der Waals surface area contributed by atoms with Crippen LogP contribution in [0.1, 0.15) is 24.4 Å². The van der Waals surface area contributed by atoms with E-state index in [-0.39, 0.29) is 11.5 Å². The zero-order valence-electron chi connectivity index (χ0n) is 10.9. The van der Waals surface area contributed by atoms with Crippen molar-refractivity contribution in [2.45, 2.75) is 13.8 Å². The SMILES string of the molecule is CC(C)COc1ccc(-c2ccc(C=O)o2)cc1F. The van der Waals surface area contributed by atoms with Gasteiger partial charge in [0.25, 0.3) is 0 Å². The van der Waals surface area contributed by atoms with Gasteiger partial charge in [-0.3, -0.25) is 4.79 Å². The summed E-state index contributed by atoms with van der Waals surface area (Å²) < 4.78 is 24.4. The summed E-state index contributed by atoms with van der Waals surface area (Å²) in [6.07, 6.45) is 0.611. The number of benzene rings is 1. The third kappa shape index (κ3) is 3.22. The molecule has 3 nitrogen and oxygen atoms in total. The van der Waals surface area contributed by atoms with E-state index in [0.29, 0.717) is 30.1 Å². The quantitative estimate of drug-likeness (QED) is 0.766. The van der Waals surface area contributed by atoms with Gasteiger partial charge in [0.2, 0.25) is 0 Å². The van der Waals surface area contributed by atoms with Crippen molar-refractivity contribution >= 4 is 6.29 Å². The van der Waals surface area contributed by atoms with E-state index in [1.807, 2.05) is 13.8 Å². The minimum Gasteiger partial charge on any atom is -0.490 e. The Labute approximate surface area is 111 Å². The van der Waals surface area contributed by atoms with E-state index >= 15 is 0 Å². The topological polar surface area (TPSA) is 39.4 Å². The fraction of sp³-hybridized carbons (Fsp3) is 0.267. The summed E-state index contributed by atoms with van der Waals surface area (Å²) in [4.78, 5) is 10.5. The average molecular weight is 262 g/mol. The molecule has 0 spiro atoms. The van der Waals surface area contributed by atoms with Crippen LogP contribution in [0.4, 0.5) is 4.39 Å². The molecule has 0 radical (unpaired) electrons. The van der Waals surface area contributed by atoms with E-state index < -0.39 is 5.82 Å². The molecule has 0 amide bonds. The van der Waals surface area contributed by atoms with Gasteiger partial charge in [0.1, 0.15) is 5.76 Å². The number of halogens is 1. The Kier molecular flexibility index (Phi) is 4.00. The van der Waals surface area contributed by atoms with Crippen LogP contribution in [0.25, 0.3) is 11.3 Å². The first-order chi connectivity index (χ1) is 9.10. The molecule has 0 atom stereocenters. The summed E-state index contributed by atoms with van der Waals surface area (Å²) in [7, 11) is 0. The Morgan fingerprint density at radius 1 is 1.32 bits per heavy atom. The minimum absolute atomic E-state index is 0.218. The molecular formula is C15H15FO3. The van der Waals surface area contributed by atoms with Crippen molar-refractivity contribution in [1.29, 1.82) is 0 Å². The van der Waals surface area contributed by atoms with E-state index in [2.05, 4.69) is 0 Å². The predicted octanol–water partition coefficient (Wildman–Crippen LogP) is 3.93. The molecule has 2 rings (SSSR count). The van der Waals surface area contributed by atoms with Crippen molar-refractivity contribution in [2.75, 3.05) is 6.61 Å². The van der Waals surface area contributed by atoms with Crippen molar-refractivity contribution in [3.05, 3.63) is 41.9 Å². The second-order valence-corrected chi connectivity index (χ2v) is 4.67. The second kappa shape index (κ2) is 5.69. The van der Waals surface area contributed by atoms with Crippen LogP contribution in [0.3, 0.4) is 0 Å². The molecule has 1 aromatic heterocycles. The van der Waals surface area contributed by atoms with Crippen molar-refractivity contribution in [2.24, 2.45) is 5.92 Å². The molecule has 0 bridgehead atoms. The van der Waals surface area contributed by atoms with Gasteiger partial charge in [0, 0.05) is 5.56 Å². The first-order valence-electron chi connectivity index (χ1n) is 6.08. The number of rotatable bonds is 5. The van der Waals surface area contributed by atoms with Crippen molar-refractivity contribution in [3.8, 4) is 17.1 Å². The Hall–Kier alpha value is -2.10. The maximum Gasteiger partial charge on any atom is 0.185 e. The summed E-state index contributed by atoms with van der Waals surface area (Å²) in [6, 6.07) is 7.78. The fourth-order valence-electron chi connectivity index (χ4n) is 1.60. The van der Waals surface area contributed by atoms with E-state index in [4.69, 9.17) is 9.15 Å². The van der Waals surface area contributed by atoms with Crippen LogP contribution in [0.15, 0.2) is 34.7 Å². The number of ether oxygens (including phenoxy) is 1. The molecular weight excluding hydrogens is 247 g/mol. The summed E-state index contributed by atoms with van der Waals surface area (Å²) in [5.41, 5.74) is 0.572. The van der Waals surface area contributed by atoms with Crippen LogP contribution < -0.4 is 4.74 Å². The normalized spacial score (nSPS) is 10.7. The van der Waals surface area contributed by atoms with Crippen molar-refractivity contribution < 1.29 is 18.3 Å². The number of carbonyl (C=O) groups is 1. The molecule has 100 valence electrons. The Morgan fingerprint density at radius 2 is 2.11 bits per heavy atom. The van der Waals surface area contributed by atoms with Crippen LogP contribution in [0, 0.1) is 11.7 Å². The maximum atomic E-state index is 13.8. The van der Waals surface area contributed by atoms with Crippen LogP contribution >= 0.6 is 0 Å². The van der Waals surface area contributed by atoms with E-state index in [0.717, 1.165) is 0 Å². The van der Waals surface area contributed by atoms with Crippen molar-refractivity contribution in [3.63, 3.8) is 0 Å². The molecule has 19 heavy (non-hydrogen) atoms. The van der Waals surface area contributed by atoms with Gasteiger partial charge in [-0.15, -0.1) is 0 Å². The lowest BCUT2D eigenvalue weighted by Crippen LogP contribution is -2.05. The monoisotopic (exact) mass is 262 g/mol. The highest BCUT2D eigenvalue weighted by Crippen LogP contribution is 2.27. The maximum absolute atomic E-state index is 13.8. The Balaban J connectivity index is 2.20.